The van der Waals surface area contributed by atoms with Gasteiger partial charge in [0.2, 0.25) is 0 Å². The molecule has 0 aromatic carbocycles. The van der Waals surface area contributed by atoms with Gasteiger partial charge in [0.05, 0.1) is 57.7 Å². The zero-order valence-corrected chi connectivity index (χ0v) is 19.2. The van der Waals surface area contributed by atoms with Crippen molar-refractivity contribution in [2.75, 3.05) is 11.9 Å². The Morgan fingerprint density at radius 2 is 2.12 bits per heavy atom. The molecule has 0 spiro atoms. The molecule has 0 unspecified atom stereocenters. The highest BCUT2D eigenvalue weighted by atomic mass is 19.1. The summed E-state index contributed by atoms with van der Waals surface area (Å²) in [7, 11) is 0. The smallest absolute Gasteiger partial charge is 0.255 e. The van der Waals surface area contributed by atoms with Gasteiger partial charge >= 0.3 is 0 Å². The summed E-state index contributed by atoms with van der Waals surface area (Å²) >= 11 is 0. The standard InChI is InChI=1S/C24H27FN6O3/c1-23(2,33)21(25)13-28-22(32)17-12-27-19(7-18(17)30-15-8-24(3,34)9-15)20-5-4-16-6-14(10-26)11-29-31(16)20/h4-7,11-12,15,21,33-34H,8-9,13H2,1-3H3,(H,27,30)(H,28,32)/t15-,21-,24-/m1/s1. The summed E-state index contributed by atoms with van der Waals surface area (Å²) in [5, 5.41) is 39.1. The number of carbonyl (C=O) groups excluding carboxylic acids is 1. The van der Waals surface area contributed by atoms with E-state index < -0.39 is 23.3 Å². The number of nitrogens with one attached hydrogen (secondary N) is 2. The Labute approximate surface area is 196 Å². The molecule has 4 N–H and O–H groups in total. The molecule has 0 saturated heterocycles. The average molecular weight is 467 g/mol. The van der Waals surface area contributed by atoms with E-state index in [4.69, 9.17) is 5.26 Å². The van der Waals surface area contributed by atoms with Gasteiger partial charge in [0, 0.05) is 12.2 Å². The van der Waals surface area contributed by atoms with Crippen molar-refractivity contribution in [3.63, 3.8) is 0 Å². The molecular formula is C24H27FN6O3. The second-order valence-corrected chi connectivity index (χ2v) is 9.60. The molecule has 1 amide bonds. The number of pyridine rings is 1. The summed E-state index contributed by atoms with van der Waals surface area (Å²) < 4.78 is 15.8. The second kappa shape index (κ2) is 8.66. The van der Waals surface area contributed by atoms with Crippen LogP contribution >= 0.6 is 0 Å². The van der Waals surface area contributed by atoms with Gasteiger partial charge in [-0.2, -0.15) is 10.4 Å². The van der Waals surface area contributed by atoms with Crippen molar-refractivity contribution in [3.8, 4) is 17.5 Å². The van der Waals surface area contributed by atoms with Crippen molar-refractivity contribution < 1.29 is 19.4 Å². The molecule has 178 valence electrons. The number of aliphatic hydroxyl groups is 2. The van der Waals surface area contributed by atoms with Gasteiger partial charge in [-0.1, -0.05) is 0 Å². The monoisotopic (exact) mass is 466 g/mol. The maximum absolute atomic E-state index is 14.1. The molecule has 3 aromatic heterocycles. The Morgan fingerprint density at radius 1 is 1.38 bits per heavy atom. The first-order valence-electron chi connectivity index (χ1n) is 11.0. The van der Waals surface area contributed by atoms with E-state index in [1.54, 1.807) is 23.6 Å². The second-order valence-electron chi connectivity index (χ2n) is 9.60. The Balaban J connectivity index is 1.65. The lowest BCUT2D eigenvalue weighted by Gasteiger charge is -2.42. The zero-order valence-electron chi connectivity index (χ0n) is 19.2. The number of amides is 1. The van der Waals surface area contributed by atoms with Crippen LogP contribution in [-0.2, 0) is 0 Å². The van der Waals surface area contributed by atoms with Gasteiger partial charge in [0.25, 0.3) is 5.91 Å². The van der Waals surface area contributed by atoms with Crippen LogP contribution in [0.25, 0.3) is 16.9 Å². The van der Waals surface area contributed by atoms with E-state index in [0.29, 0.717) is 35.5 Å². The van der Waals surface area contributed by atoms with Crippen molar-refractivity contribution in [1.82, 2.24) is 19.9 Å². The molecule has 10 heteroatoms. The molecule has 4 rings (SSSR count). The number of aromatic nitrogens is 3. The number of nitriles is 1. The number of hydrogen-bond acceptors (Lipinski definition) is 7. The molecule has 0 radical (unpaired) electrons. The molecule has 34 heavy (non-hydrogen) atoms. The lowest BCUT2D eigenvalue weighted by atomic mass is 9.77. The van der Waals surface area contributed by atoms with Gasteiger partial charge in [-0.05, 0) is 57.9 Å². The van der Waals surface area contributed by atoms with Crippen LogP contribution in [0.2, 0.25) is 0 Å². The minimum atomic E-state index is -1.64. The molecule has 1 aliphatic rings. The van der Waals surface area contributed by atoms with E-state index in [1.807, 2.05) is 12.1 Å². The van der Waals surface area contributed by atoms with E-state index in [-0.39, 0.29) is 18.2 Å². The lowest BCUT2D eigenvalue weighted by molar-refractivity contribution is -0.0234. The Morgan fingerprint density at radius 3 is 2.76 bits per heavy atom. The van der Waals surface area contributed by atoms with Crippen LogP contribution in [0.3, 0.4) is 0 Å². The van der Waals surface area contributed by atoms with Crippen LogP contribution in [0.1, 0.15) is 49.5 Å². The summed E-state index contributed by atoms with van der Waals surface area (Å²) in [4.78, 5) is 17.3. The Kier molecular flexibility index (Phi) is 6.02. The van der Waals surface area contributed by atoms with Gasteiger partial charge < -0.3 is 20.8 Å². The van der Waals surface area contributed by atoms with E-state index >= 15 is 0 Å². The van der Waals surface area contributed by atoms with Crippen molar-refractivity contribution in [1.29, 1.82) is 5.26 Å². The molecule has 1 fully saturated rings. The third-order valence-electron chi connectivity index (χ3n) is 5.98. The molecule has 9 nitrogen and oxygen atoms in total. The van der Waals surface area contributed by atoms with Crippen LogP contribution in [0.15, 0.2) is 36.7 Å². The molecular weight excluding hydrogens is 439 g/mol. The predicted molar refractivity (Wildman–Crippen MR) is 124 cm³/mol. The fraction of sp³-hybridized carbons (Fsp3) is 0.417. The molecule has 3 aromatic rings. The largest absolute Gasteiger partial charge is 0.390 e. The fourth-order valence-corrected chi connectivity index (χ4v) is 4.00. The maximum atomic E-state index is 14.1. The zero-order chi connectivity index (χ0) is 24.7. The van der Waals surface area contributed by atoms with Gasteiger partial charge in [-0.15, -0.1) is 0 Å². The van der Waals surface area contributed by atoms with Crippen LogP contribution in [0, 0.1) is 11.3 Å². The third kappa shape index (κ3) is 4.85. The number of rotatable bonds is 7. The molecule has 3 heterocycles. The summed E-state index contributed by atoms with van der Waals surface area (Å²) in [6.07, 6.45) is 2.26. The van der Waals surface area contributed by atoms with E-state index in [1.165, 1.54) is 26.2 Å². The number of halogens is 1. The van der Waals surface area contributed by atoms with Crippen molar-refractivity contribution in [2.24, 2.45) is 0 Å². The van der Waals surface area contributed by atoms with Crippen LogP contribution in [-0.4, -0.2) is 60.7 Å². The van der Waals surface area contributed by atoms with Crippen LogP contribution < -0.4 is 10.6 Å². The van der Waals surface area contributed by atoms with Crippen LogP contribution in [0.4, 0.5) is 10.1 Å². The average Bonchev–Trinajstić information content (AvgIpc) is 3.18. The highest BCUT2D eigenvalue weighted by molar-refractivity contribution is 6.00. The minimum absolute atomic E-state index is 0.0394. The van der Waals surface area contributed by atoms with E-state index in [0.717, 1.165) is 5.52 Å². The summed E-state index contributed by atoms with van der Waals surface area (Å²) in [5.41, 5.74) is 0.746. The van der Waals surface area contributed by atoms with Gasteiger partial charge in [0.15, 0.2) is 0 Å². The fourth-order valence-electron chi connectivity index (χ4n) is 4.00. The first-order valence-corrected chi connectivity index (χ1v) is 11.0. The minimum Gasteiger partial charge on any atom is -0.390 e. The number of hydrogen-bond donors (Lipinski definition) is 4. The molecule has 1 saturated carbocycles. The number of alkyl halides is 1. The highest BCUT2D eigenvalue weighted by Crippen LogP contribution is 2.35. The van der Waals surface area contributed by atoms with Crippen molar-refractivity contribution >= 4 is 17.1 Å². The Hall–Kier alpha value is -3.55. The SMILES string of the molecule is CC(C)(O)[C@H](F)CNC(=O)c1cnc(-c2ccc3cc(C#N)cnn23)cc1N[C@H]1C[C@](C)(O)C1. The van der Waals surface area contributed by atoms with Crippen molar-refractivity contribution in [3.05, 3.63) is 47.8 Å². The number of fused-ring (bicyclic) bond motifs is 1. The normalized spacial score (nSPS) is 20.9. The molecule has 0 aliphatic heterocycles. The number of anilines is 1. The number of carbonyl (C=O) groups is 1. The first-order chi connectivity index (χ1) is 16.0. The number of nitrogens with zero attached hydrogens (tertiary/aromatic N) is 4. The summed E-state index contributed by atoms with van der Waals surface area (Å²) in [6.45, 7) is 4.08. The molecule has 1 atom stereocenters. The maximum Gasteiger partial charge on any atom is 0.255 e. The topological polar surface area (TPSA) is 136 Å². The predicted octanol–water partition coefficient (Wildman–Crippen LogP) is 2.43. The lowest BCUT2D eigenvalue weighted by Crippen LogP contribution is -2.48. The van der Waals surface area contributed by atoms with Gasteiger partial charge in [-0.25, -0.2) is 8.91 Å². The van der Waals surface area contributed by atoms with Crippen molar-refractivity contribution in [2.45, 2.75) is 57.0 Å². The van der Waals surface area contributed by atoms with Gasteiger partial charge in [-0.3, -0.25) is 9.78 Å². The highest BCUT2D eigenvalue weighted by Gasteiger charge is 2.38. The summed E-state index contributed by atoms with van der Waals surface area (Å²) in [6, 6.07) is 9.09. The first kappa shape index (κ1) is 23.6. The third-order valence-corrected chi connectivity index (χ3v) is 5.98. The quantitative estimate of drug-likeness (QED) is 0.420. The molecule has 0 bridgehead atoms. The van der Waals surface area contributed by atoms with E-state index in [2.05, 4.69) is 26.8 Å². The van der Waals surface area contributed by atoms with E-state index in [9.17, 15) is 19.4 Å². The Bertz CT molecular complexity index is 1270. The van der Waals surface area contributed by atoms with Crippen LogP contribution in [0.5, 0.6) is 0 Å². The molecule has 1 aliphatic carbocycles. The van der Waals surface area contributed by atoms with Gasteiger partial charge in [0.1, 0.15) is 12.2 Å². The summed E-state index contributed by atoms with van der Waals surface area (Å²) in [5.74, 6) is -0.531.